The summed E-state index contributed by atoms with van der Waals surface area (Å²) in [5, 5.41) is 13.3. The lowest BCUT2D eigenvalue weighted by molar-refractivity contribution is -0.161. The van der Waals surface area contributed by atoms with Gasteiger partial charge < -0.3 is 25.2 Å². The number of carbonyl (C=O) groups is 3. The molecule has 41 heavy (non-hydrogen) atoms. The van der Waals surface area contributed by atoms with Crippen molar-refractivity contribution < 1.29 is 42.1 Å². The highest BCUT2D eigenvalue weighted by atomic mass is 19.4. The molecule has 0 spiro atoms. The van der Waals surface area contributed by atoms with Crippen LogP contribution in [-0.4, -0.2) is 54.0 Å². The summed E-state index contributed by atoms with van der Waals surface area (Å²) < 4.78 is 51.9. The van der Waals surface area contributed by atoms with Crippen LogP contribution in [0, 0.1) is 0 Å². The molecule has 216 valence electrons. The van der Waals surface area contributed by atoms with Crippen LogP contribution in [0.15, 0.2) is 78.9 Å². The molecule has 0 saturated carbocycles. The summed E-state index contributed by atoms with van der Waals surface area (Å²) in [7, 11) is 0. The zero-order valence-electron chi connectivity index (χ0n) is 22.1. The molecule has 3 N–H and O–H groups in total. The highest BCUT2D eigenvalue weighted by molar-refractivity contribution is 5.85. The van der Waals surface area contributed by atoms with Crippen LogP contribution in [0.2, 0.25) is 0 Å². The Morgan fingerprint density at radius 3 is 2.00 bits per heavy atom. The normalized spacial score (nSPS) is 14.7. The number of carboxylic acid groups (broad SMARTS) is 1. The van der Waals surface area contributed by atoms with E-state index in [1.165, 1.54) is 6.92 Å². The Kier molecular flexibility index (Phi) is 9.28. The third-order valence-corrected chi connectivity index (χ3v) is 6.83. The van der Waals surface area contributed by atoms with Gasteiger partial charge in [-0.3, -0.25) is 4.79 Å². The van der Waals surface area contributed by atoms with Crippen LogP contribution in [0.25, 0.3) is 11.1 Å². The average Bonchev–Trinajstić information content (AvgIpc) is 3.26. The maximum Gasteiger partial charge on any atom is 0.409 e. The van der Waals surface area contributed by atoms with Crippen molar-refractivity contribution in [3.05, 3.63) is 95.6 Å². The van der Waals surface area contributed by atoms with Crippen molar-refractivity contribution in [1.29, 1.82) is 0 Å². The van der Waals surface area contributed by atoms with Gasteiger partial charge in [-0.2, -0.15) is 13.2 Å². The highest BCUT2D eigenvalue weighted by Crippen LogP contribution is 2.44. The van der Waals surface area contributed by atoms with Crippen molar-refractivity contribution in [2.75, 3.05) is 6.61 Å². The average molecular weight is 571 g/mol. The molecule has 3 aromatic carbocycles. The van der Waals surface area contributed by atoms with Crippen molar-refractivity contribution in [1.82, 2.24) is 10.6 Å². The Labute approximate surface area is 234 Å². The predicted octanol–water partition coefficient (Wildman–Crippen LogP) is 5.02. The molecule has 2 amide bonds. The SMILES string of the molecule is CC(OCc1ccccc1)C(NC(=O)CC(NC(=O)OCC1c2ccccc2-c2ccccc21)C(F)(F)F)C(=O)O. The Hall–Kier alpha value is -4.38. The Bertz CT molecular complexity index is 1340. The lowest BCUT2D eigenvalue weighted by Crippen LogP contribution is -2.52. The third-order valence-electron chi connectivity index (χ3n) is 6.83. The molecule has 8 nitrogen and oxygen atoms in total. The Morgan fingerprint density at radius 2 is 1.44 bits per heavy atom. The smallest absolute Gasteiger partial charge is 0.409 e. The summed E-state index contributed by atoms with van der Waals surface area (Å²) in [6.45, 7) is 1.21. The standard InChI is InChI=1S/C30H29F3N2O6/c1-18(40-16-19-9-3-2-4-10-19)27(28(37)38)35-26(36)15-25(30(31,32)33)34-29(39)41-17-24-22-13-7-5-11-20(22)21-12-6-8-14-23(21)24/h2-14,18,24-25,27H,15-17H2,1H3,(H,34,39)(H,35,36)(H,37,38). The van der Waals surface area contributed by atoms with E-state index in [1.54, 1.807) is 35.6 Å². The van der Waals surface area contributed by atoms with E-state index >= 15 is 0 Å². The van der Waals surface area contributed by atoms with E-state index in [0.29, 0.717) is 0 Å². The molecule has 0 saturated heterocycles. The van der Waals surface area contributed by atoms with Crippen molar-refractivity contribution >= 4 is 18.0 Å². The second-order valence-corrected chi connectivity index (χ2v) is 9.65. The van der Waals surface area contributed by atoms with Gasteiger partial charge in [0, 0.05) is 5.92 Å². The molecule has 0 heterocycles. The van der Waals surface area contributed by atoms with E-state index in [0.717, 1.165) is 27.8 Å². The van der Waals surface area contributed by atoms with Crippen molar-refractivity contribution in [3.8, 4) is 11.1 Å². The number of hydrogen-bond acceptors (Lipinski definition) is 5. The van der Waals surface area contributed by atoms with Gasteiger partial charge in [-0.05, 0) is 34.7 Å². The third kappa shape index (κ3) is 7.43. The van der Waals surface area contributed by atoms with E-state index < -0.39 is 48.8 Å². The highest BCUT2D eigenvalue weighted by Gasteiger charge is 2.43. The van der Waals surface area contributed by atoms with Gasteiger partial charge in [-0.1, -0.05) is 78.9 Å². The molecule has 11 heteroatoms. The van der Waals surface area contributed by atoms with E-state index in [-0.39, 0.29) is 19.1 Å². The quantitative estimate of drug-likeness (QED) is 0.298. The predicted molar refractivity (Wildman–Crippen MR) is 143 cm³/mol. The number of halogens is 3. The number of alkyl halides is 3. The number of amides is 2. The number of alkyl carbamates (subject to hydrolysis) is 1. The summed E-state index contributed by atoms with van der Waals surface area (Å²) >= 11 is 0. The summed E-state index contributed by atoms with van der Waals surface area (Å²) in [6.07, 6.45) is -8.66. The fraction of sp³-hybridized carbons (Fsp3) is 0.300. The van der Waals surface area contributed by atoms with E-state index in [9.17, 15) is 32.7 Å². The molecule has 3 atom stereocenters. The molecule has 1 aliphatic carbocycles. The lowest BCUT2D eigenvalue weighted by Gasteiger charge is -2.25. The van der Waals surface area contributed by atoms with Crippen LogP contribution in [0.4, 0.5) is 18.0 Å². The molecule has 0 bridgehead atoms. The number of ether oxygens (including phenoxy) is 2. The maximum absolute atomic E-state index is 13.7. The first-order valence-corrected chi connectivity index (χ1v) is 12.9. The first-order chi connectivity index (χ1) is 19.5. The van der Waals surface area contributed by atoms with E-state index in [1.807, 2.05) is 48.5 Å². The van der Waals surface area contributed by atoms with Crippen molar-refractivity contribution in [2.45, 2.75) is 50.2 Å². The van der Waals surface area contributed by atoms with E-state index in [2.05, 4.69) is 5.32 Å². The lowest BCUT2D eigenvalue weighted by atomic mass is 9.98. The maximum atomic E-state index is 13.7. The fourth-order valence-electron chi connectivity index (χ4n) is 4.73. The monoisotopic (exact) mass is 570 g/mol. The number of rotatable bonds is 11. The van der Waals surface area contributed by atoms with Crippen LogP contribution in [-0.2, 0) is 25.7 Å². The largest absolute Gasteiger partial charge is 0.480 e. The number of benzene rings is 3. The first-order valence-electron chi connectivity index (χ1n) is 12.9. The molecule has 0 fully saturated rings. The number of carboxylic acids is 1. The second-order valence-electron chi connectivity index (χ2n) is 9.65. The summed E-state index contributed by atoms with van der Waals surface area (Å²) in [6, 6.07) is 19.6. The zero-order valence-corrected chi connectivity index (χ0v) is 22.1. The van der Waals surface area contributed by atoms with Crippen LogP contribution in [0.3, 0.4) is 0 Å². The molecule has 0 aliphatic heterocycles. The van der Waals surface area contributed by atoms with Gasteiger partial charge in [-0.15, -0.1) is 0 Å². The van der Waals surface area contributed by atoms with Gasteiger partial charge in [0.05, 0.1) is 19.1 Å². The van der Waals surface area contributed by atoms with E-state index in [4.69, 9.17) is 9.47 Å². The fourth-order valence-corrected chi connectivity index (χ4v) is 4.73. The number of fused-ring (bicyclic) bond motifs is 3. The minimum atomic E-state index is -5.00. The topological polar surface area (TPSA) is 114 Å². The number of carbonyl (C=O) groups excluding carboxylic acids is 2. The second kappa shape index (κ2) is 12.9. The van der Waals surface area contributed by atoms with Gasteiger partial charge in [0.25, 0.3) is 0 Å². The summed E-state index contributed by atoms with van der Waals surface area (Å²) in [5.41, 5.74) is 4.43. The number of aliphatic carboxylic acids is 1. The zero-order chi connectivity index (χ0) is 29.6. The Balaban J connectivity index is 1.35. The molecule has 0 aromatic heterocycles. The first kappa shape index (κ1) is 29.6. The molecular weight excluding hydrogens is 541 g/mol. The molecular formula is C30H29F3N2O6. The number of hydrogen-bond donors (Lipinski definition) is 3. The Morgan fingerprint density at radius 1 is 0.878 bits per heavy atom. The van der Waals surface area contributed by atoms with Crippen LogP contribution >= 0.6 is 0 Å². The molecule has 0 radical (unpaired) electrons. The molecule has 4 rings (SSSR count). The van der Waals surface area contributed by atoms with Gasteiger partial charge >= 0.3 is 18.2 Å². The van der Waals surface area contributed by atoms with Gasteiger partial charge in [-0.25, -0.2) is 9.59 Å². The van der Waals surface area contributed by atoms with Gasteiger partial charge in [0.1, 0.15) is 12.6 Å². The summed E-state index contributed by atoms with van der Waals surface area (Å²) in [4.78, 5) is 36.7. The van der Waals surface area contributed by atoms with Crippen molar-refractivity contribution in [2.24, 2.45) is 0 Å². The summed E-state index contributed by atoms with van der Waals surface area (Å²) in [5.74, 6) is -3.07. The van der Waals surface area contributed by atoms with Crippen molar-refractivity contribution in [3.63, 3.8) is 0 Å². The van der Waals surface area contributed by atoms with Crippen LogP contribution < -0.4 is 10.6 Å². The molecule has 1 aliphatic rings. The van der Waals surface area contributed by atoms with Crippen LogP contribution in [0.1, 0.15) is 36.0 Å². The van der Waals surface area contributed by atoms with Crippen LogP contribution in [0.5, 0.6) is 0 Å². The minimum Gasteiger partial charge on any atom is -0.480 e. The van der Waals surface area contributed by atoms with Gasteiger partial charge in [0.2, 0.25) is 5.91 Å². The van der Waals surface area contributed by atoms with Gasteiger partial charge in [0.15, 0.2) is 6.04 Å². The minimum absolute atomic E-state index is 0.0379. The molecule has 3 unspecified atom stereocenters. The molecule has 3 aromatic rings. The number of nitrogens with one attached hydrogen (secondary N) is 2.